The van der Waals surface area contributed by atoms with Gasteiger partial charge in [0.1, 0.15) is 6.07 Å². The van der Waals surface area contributed by atoms with Crippen molar-refractivity contribution in [3.8, 4) is 6.07 Å². The van der Waals surface area contributed by atoms with Gasteiger partial charge in [-0.1, -0.05) is 17.7 Å². The van der Waals surface area contributed by atoms with Crippen molar-refractivity contribution in [2.45, 2.75) is 13.8 Å². The summed E-state index contributed by atoms with van der Waals surface area (Å²) in [5.74, 6) is 0. The van der Waals surface area contributed by atoms with E-state index in [0.717, 1.165) is 21.5 Å². The number of benzene rings is 1. The zero-order chi connectivity index (χ0) is 14.0. The third-order valence-electron chi connectivity index (χ3n) is 2.66. The molecule has 2 aromatic rings. The first-order chi connectivity index (χ1) is 9.02. The molecule has 0 bridgehead atoms. The first kappa shape index (κ1) is 13.9. The van der Waals surface area contributed by atoms with Crippen LogP contribution in [0.1, 0.15) is 17.0 Å². The summed E-state index contributed by atoms with van der Waals surface area (Å²) in [4.78, 5) is 4.29. The number of pyridine rings is 1. The predicted octanol–water partition coefficient (Wildman–Crippen LogP) is 4.73. The minimum Gasteiger partial charge on any atom is -0.353 e. The van der Waals surface area contributed by atoms with Gasteiger partial charge in [0.25, 0.3) is 0 Å². The van der Waals surface area contributed by atoms with Crippen LogP contribution in [0.5, 0.6) is 0 Å². The van der Waals surface area contributed by atoms with Gasteiger partial charge in [-0.3, -0.25) is 4.98 Å². The van der Waals surface area contributed by atoms with Gasteiger partial charge in [-0.25, -0.2) is 0 Å². The van der Waals surface area contributed by atoms with Gasteiger partial charge in [0.05, 0.1) is 32.1 Å². The smallest absolute Gasteiger partial charge is 0.103 e. The lowest BCUT2D eigenvalue weighted by Gasteiger charge is -2.12. The monoisotopic (exact) mass is 335 g/mol. The van der Waals surface area contributed by atoms with Gasteiger partial charge in [0.15, 0.2) is 0 Å². The summed E-state index contributed by atoms with van der Waals surface area (Å²) in [6, 6.07) is 9.56. The highest BCUT2D eigenvalue weighted by atomic mass is 79.9. The maximum absolute atomic E-state index is 9.22. The van der Waals surface area contributed by atoms with Crippen LogP contribution in [0.25, 0.3) is 0 Å². The van der Waals surface area contributed by atoms with Gasteiger partial charge < -0.3 is 5.32 Å². The van der Waals surface area contributed by atoms with Crippen molar-refractivity contribution in [1.82, 2.24) is 4.98 Å². The largest absolute Gasteiger partial charge is 0.353 e. The number of halogens is 2. The molecule has 0 saturated heterocycles. The lowest BCUT2D eigenvalue weighted by atomic mass is 10.1. The normalized spacial score (nSPS) is 10.1. The van der Waals surface area contributed by atoms with Crippen LogP contribution in [0, 0.1) is 25.2 Å². The number of rotatable bonds is 2. The number of nitriles is 1. The molecular weight excluding hydrogens is 326 g/mol. The predicted molar refractivity (Wildman–Crippen MR) is 80.9 cm³/mol. The molecule has 96 valence electrons. The standard InChI is InChI=1S/C14H11BrClN3/c1-8-6-13(10(7-17)9(2)18-8)19-12-5-3-4-11(16)14(12)15/h3-6H,1-2H3,(H,18,19). The fourth-order valence-electron chi connectivity index (χ4n) is 1.81. The average Bonchev–Trinajstić information content (AvgIpc) is 2.34. The van der Waals surface area contributed by atoms with Gasteiger partial charge in [0, 0.05) is 5.69 Å². The second kappa shape index (κ2) is 5.60. The summed E-state index contributed by atoms with van der Waals surface area (Å²) in [7, 11) is 0. The van der Waals surface area contributed by atoms with E-state index in [-0.39, 0.29) is 0 Å². The Hall–Kier alpha value is -1.57. The number of nitrogens with zero attached hydrogens (tertiary/aromatic N) is 2. The molecule has 0 aliphatic heterocycles. The Morgan fingerprint density at radius 1 is 1.32 bits per heavy atom. The van der Waals surface area contributed by atoms with Crippen molar-refractivity contribution in [3.05, 3.63) is 50.7 Å². The van der Waals surface area contributed by atoms with Gasteiger partial charge in [-0.15, -0.1) is 0 Å². The number of anilines is 2. The summed E-state index contributed by atoms with van der Waals surface area (Å²) < 4.78 is 0.771. The van der Waals surface area contributed by atoms with Crippen LogP contribution < -0.4 is 5.32 Å². The molecule has 0 atom stereocenters. The van der Waals surface area contributed by atoms with Crippen molar-refractivity contribution in [2.24, 2.45) is 0 Å². The van der Waals surface area contributed by atoms with Crippen LogP contribution in [0.3, 0.4) is 0 Å². The van der Waals surface area contributed by atoms with E-state index in [1.165, 1.54) is 0 Å². The topological polar surface area (TPSA) is 48.7 Å². The molecule has 1 N–H and O–H groups in total. The Kier molecular flexibility index (Phi) is 4.08. The van der Waals surface area contributed by atoms with Crippen LogP contribution in [-0.2, 0) is 0 Å². The fraction of sp³-hybridized carbons (Fsp3) is 0.143. The lowest BCUT2D eigenvalue weighted by molar-refractivity contribution is 1.11. The highest BCUT2D eigenvalue weighted by molar-refractivity contribution is 9.10. The molecule has 0 radical (unpaired) electrons. The van der Waals surface area contributed by atoms with Gasteiger partial charge >= 0.3 is 0 Å². The molecule has 5 heteroatoms. The van der Waals surface area contributed by atoms with Crippen molar-refractivity contribution < 1.29 is 0 Å². The maximum Gasteiger partial charge on any atom is 0.103 e. The first-order valence-electron chi connectivity index (χ1n) is 5.62. The zero-order valence-corrected chi connectivity index (χ0v) is 12.8. The number of hydrogen-bond acceptors (Lipinski definition) is 3. The zero-order valence-electron chi connectivity index (χ0n) is 10.5. The van der Waals surface area contributed by atoms with E-state index < -0.39 is 0 Å². The van der Waals surface area contributed by atoms with E-state index in [9.17, 15) is 5.26 Å². The summed E-state index contributed by atoms with van der Waals surface area (Å²) in [6.45, 7) is 3.72. The van der Waals surface area contributed by atoms with Gasteiger partial charge in [-0.05, 0) is 48.0 Å². The van der Waals surface area contributed by atoms with Gasteiger partial charge in [0.2, 0.25) is 0 Å². The Morgan fingerprint density at radius 3 is 2.74 bits per heavy atom. The molecule has 0 fully saturated rings. The van der Waals surface area contributed by atoms with Crippen LogP contribution in [0.15, 0.2) is 28.7 Å². The molecule has 0 amide bonds. The SMILES string of the molecule is Cc1cc(Nc2cccc(Cl)c2Br)c(C#N)c(C)n1. The van der Waals surface area contributed by atoms with Crippen molar-refractivity contribution in [1.29, 1.82) is 5.26 Å². The Bertz CT molecular complexity index is 677. The molecule has 0 aliphatic rings. The number of nitrogens with one attached hydrogen (secondary N) is 1. The van der Waals surface area contributed by atoms with Gasteiger partial charge in [-0.2, -0.15) is 5.26 Å². The maximum atomic E-state index is 9.22. The van der Waals surface area contributed by atoms with Crippen LogP contribution in [0.4, 0.5) is 11.4 Å². The second-order valence-corrected chi connectivity index (χ2v) is 5.31. The first-order valence-corrected chi connectivity index (χ1v) is 6.79. The minimum absolute atomic E-state index is 0.539. The second-order valence-electron chi connectivity index (χ2n) is 4.11. The average molecular weight is 337 g/mol. The number of aromatic nitrogens is 1. The Labute approximate surface area is 125 Å². The summed E-state index contributed by atoms with van der Waals surface area (Å²) in [6.07, 6.45) is 0. The quantitative estimate of drug-likeness (QED) is 0.862. The minimum atomic E-state index is 0.539. The number of aryl methyl sites for hydroxylation is 2. The number of hydrogen-bond donors (Lipinski definition) is 1. The van der Waals surface area contributed by atoms with Crippen molar-refractivity contribution >= 4 is 38.9 Å². The molecule has 1 heterocycles. The van der Waals surface area contributed by atoms with Crippen LogP contribution >= 0.6 is 27.5 Å². The molecule has 0 unspecified atom stereocenters. The van der Waals surface area contributed by atoms with E-state index in [1.807, 2.05) is 32.0 Å². The Balaban J connectivity index is 2.50. The van der Waals surface area contributed by atoms with E-state index in [1.54, 1.807) is 6.07 Å². The lowest BCUT2D eigenvalue weighted by Crippen LogP contribution is -2.00. The van der Waals surface area contributed by atoms with Crippen LogP contribution in [0.2, 0.25) is 5.02 Å². The molecule has 1 aromatic heterocycles. The molecule has 0 saturated carbocycles. The van der Waals surface area contributed by atoms with Crippen molar-refractivity contribution in [3.63, 3.8) is 0 Å². The molecule has 2 rings (SSSR count). The molecule has 0 aliphatic carbocycles. The van der Waals surface area contributed by atoms with E-state index in [2.05, 4.69) is 32.3 Å². The summed E-state index contributed by atoms with van der Waals surface area (Å²) in [5, 5.41) is 13.1. The Morgan fingerprint density at radius 2 is 2.05 bits per heavy atom. The van der Waals surface area contributed by atoms with Crippen LogP contribution in [-0.4, -0.2) is 4.98 Å². The molecular formula is C14H11BrClN3. The summed E-state index contributed by atoms with van der Waals surface area (Å²) in [5.41, 5.74) is 3.65. The molecule has 19 heavy (non-hydrogen) atoms. The van der Waals surface area contributed by atoms with Crippen molar-refractivity contribution in [2.75, 3.05) is 5.32 Å². The fourth-order valence-corrected chi connectivity index (χ4v) is 2.35. The van der Waals surface area contributed by atoms with E-state index >= 15 is 0 Å². The molecule has 3 nitrogen and oxygen atoms in total. The van der Waals surface area contributed by atoms with E-state index in [0.29, 0.717) is 16.3 Å². The highest BCUT2D eigenvalue weighted by Gasteiger charge is 2.10. The third-order valence-corrected chi connectivity index (χ3v) is 4.06. The molecule has 1 aromatic carbocycles. The highest BCUT2D eigenvalue weighted by Crippen LogP contribution is 2.33. The third kappa shape index (κ3) is 2.89. The van der Waals surface area contributed by atoms with E-state index in [4.69, 9.17) is 11.6 Å². The summed E-state index contributed by atoms with van der Waals surface area (Å²) >= 11 is 9.48. The molecule has 0 spiro atoms.